The Morgan fingerprint density at radius 3 is 2.67 bits per heavy atom. The molecule has 15 heavy (non-hydrogen) atoms. The first-order valence-corrected chi connectivity index (χ1v) is 5.61. The topological polar surface area (TPSA) is 21.6 Å². The Morgan fingerprint density at radius 2 is 2.00 bits per heavy atom. The Labute approximate surface area is 95.9 Å². The third kappa shape index (κ3) is 5.43. The maximum absolute atomic E-state index is 5.75. The minimum atomic E-state index is 0.692. The first kappa shape index (κ1) is 12.1. The summed E-state index contributed by atoms with van der Waals surface area (Å²) in [5.41, 5.74) is 0.995. The van der Waals surface area contributed by atoms with Crippen LogP contribution in [0.1, 0.15) is 31.7 Å². The van der Waals surface area contributed by atoms with E-state index in [0.717, 1.165) is 17.0 Å². The van der Waals surface area contributed by atoms with E-state index in [1.54, 1.807) is 6.21 Å². The number of unbranched alkanes of at least 4 members (excludes halogenated alkanes) is 2. The summed E-state index contributed by atoms with van der Waals surface area (Å²) >= 11 is 5.75. The molecule has 0 aliphatic rings. The lowest BCUT2D eigenvalue weighted by atomic mass is 10.2. The number of benzene rings is 1. The molecule has 0 unspecified atom stereocenters. The highest BCUT2D eigenvalue weighted by Gasteiger charge is 1.89. The molecule has 0 radical (unpaired) electrons. The number of rotatable bonds is 6. The van der Waals surface area contributed by atoms with Gasteiger partial charge in [-0.25, -0.2) is 0 Å². The highest BCUT2D eigenvalue weighted by atomic mass is 35.5. The molecular formula is C12H16ClNO. The molecule has 82 valence electrons. The van der Waals surface area contributed by atoms with E-state index >= 15 is 0 Å². The van der Waals surface area contributed by atoms with Gasteiger partial charge in [-0.05, 0) is 24.1 Å². The van der Waals surface area contributed by atoms with Crippen molar-refractivity contribution < 1.29 is 4.84 Å². The second-order valence-corrected chi connectivity index (χ2v) is 3.76. The fourth-order valence-corrected chi connectivity index (χ4v) is 1.24. The van der Waals surface area contributed by atoms with Gasteiger partial charge in [-0.15, -0.1) is 0 Å². The molecule has 3 heteroatoms. The van der Waals surface area contributed by atoms with Crippen molar-refractivity contribution in [3.05, 3.63) is 34.9 Å². The van der Waals surface area contributed by atoms with Crippen molar-refractivity contribution in [1.82, 2.24) is 0 Å². The fraction of sp³-hybridized carbons (Fsp3) is 0.417. The molecule has 0 amide bonds. The molecule has 0 aromatic heterocycles. The van der Waals surface area contributed by atoms with Crippen LogP contribution >= 0.6 is 11.6 Å². The zero-order valence-electron chi connectivity index (χ0n) is 8.95. The summed E-state index contributed by atoms with van der Waals surface area (Å²) < 4.78 is 0. The number of nitrogens with zero attached hydrogens (tertiary/aromatic N) is 1. The summed E-state index contributed by atoms with van der Waals surface area (Å²) in [6.07, 6.45) is 5.15. The minimum absolute atomic E-state index is 0.692. The minimum Gasteiger partial charge on any atom is -0.396 e. The van der Waals surface area contributed by atoms with E-state index in [4.69, 9.17) is 16.4 Å². The van der Waals surface area contributed by atoms with Crippen LogP contribution in [0.3, 0.4) is 0 Å². The predicted octanol–water partition coefficient (Wildman–Crippen LogP) is 3.88. The zero-order valence-corrected chi connectivity index (χ0v) is 9.70. The molecule has 1 aromatic carbocycles. The van der Waals surface area contributed by atoms with Gasteiger partial charge in [-0.3, -0.25) is 0 Å². The Bertz CT molecular complexity index is 295. The molecule has 1 rings (SSSR count). The third-order valence-electron chi connectivity index (χ3n) is 1.99. The van der Waals surface area contributed by atoms with Crippen molar-refractivity contribution in [2.45, 2.75) is 26.2 Å². The normalized spacial score (nSPS) is 10.8. The summed E-state index contributed by atoms with van der Waals surface area (Å²) in [5, 5.41) is 4.61. The molecule has 0 bridgehead atoms. The number of halogens is 1. The summed E-state index contributed by atoms with van der Waals surface area (Å²) in [6.45, 7) is 2.86. The van der Waals surface area contributed by atoms with E-state index in [9.17, 15) is 0 Å². The number of oxime groups is 1. The van der Waals surface area contributed by atoms with E-state index in [0.29, 0.717) is 6.61 Å². The van der Waals surface area contributed by atoms with Crippen molar-refractivity contribution in [3.63, 3.8) is 0 Å². The smallest absolute Gasteiger partial charge is 0.117 e. The molecule has 0 saturated heterocycles. The van der Waals surface area contributed by atoms with Crippen LogP contribution in [0.2, 0.25) is 5.02 Å². The van der Waals surface area contributed by atoms with Crippen LogP contribution in [-0.2, 0) is 4.84 Å². The second-order valence-electron chi connectivity index (χ2n) is 3.33. The standard InChI is InChI=1S/C12H16ClNO/c1-2-3-4-9-15-14-10-11-5-7-12(13)8-6-11/h5-8,10H,2-4,9H2,1H3. The van der Waals surface area contributed by atoms with E-state index in [-0.39, 0.29) is 0 Å². The molecule has 0 aliphatic carbocycles. The van der Waals surface area contributed by atoms with E-state index in [1.807, 2.05) is 24.3 Å². The first-order valence-electron chi connectivity index (χ1n) is 5.24. The van der Waals surface area contributed by atoms with Crippen molar-refractivity contribution in [1.29, 1.82) is 0 Å². The fourth-order valence-electron chi connectivity index (χ4n) is 1.12. The predicted molar refractivity (Wildman–Crippen MR) is 64.5 cm³/mol. The SMILES string of the molecule is CCCCCON=Cc1ccc(Cl)cc1. The van der Waals surface area contributed by atoms with E-state index < -0.39 is 0 Å². The van der Waals surface area contributed by atoms with Gasteiger partial charge in [0.05, 0.1) is 6.21 Å². The van der Waals surface area contributed by atoms with Gasteiger partial charge >= 0.3 is 0 Å². The average Bonchev–Trinajstić information content (AvgIpc) is 2.26. The molecule has 0 aliphatic heterocycles. The Morgan fingerprint density at radius 1 is 1.27 bits per heavy atom. The number of hydrogen-bond donors (Lipinski definition) is 0. The quantitative estimate of drug-likeness (QED) is 0.409. The van der Waals surface area contributed by atoms with Crippen LogP contribution in [0, 0.1) is 0 Å². The first-order chi connectivity index (χ1) is 7.33. The lowest BCUT2D eigenvalue weighted by molar-refractivity contribution is 0.141. The van der Waals surface area contributed by atoms with Gasteiger partial charge < -0.3 is 4.84 Å². The van der Waals surface area contributed by atoms with Crippen molar-refractivity contribution >= 4 is 17.8 Å². The van der Waals surface area contributed by atoms with Gasteiger partial charge in [0.15, 0.2) is 0 Å². The Balaban J connectivity index is 2.23. The summed E-state index contributed by atoms with van der Waals surface area (Å²) in [7, 11) is 0. The van der Waals surface area contributed by atoms with Crippen LogP contribution in [0.25, 0.3) is 0 Å². The maximum atomic E-state index is 5.75. The molecule has 0 atom stereocenters. The van der Waals surface area contributed by atoms with E-state index in [2.05, 4.69) is 12.1 Å². The average molecular weight is 226 g/mol. The highest BCUT2D eigenvalue weighted by Crippen LogP contribution is 2.07. The molecule has 0 saturated carbocycles. The van der Waals surface area contributed by atoms with Gasteiger partial charge in [0.25, 0.3) is 0 Å². The van der Waals surface area contributed by atoms with E-state index in [1.165, 1.54) is 12.8 Å². The van der Waals surface area contributed by atoms with Crippen LogP contribution in [0.15, 0.2) is 29.4 Å². The Hall–Kier alpha value is -1.02. The molecule has 1 aromatic rings. The molecule has 0 fully saturated rings. The molecule has 0 N–H and O–H groups in total. The molecule has 2 nitrogen and oxygen atoms in total. The largest absolute Gasteiger partial charge is 0.396 e. The summed E-state index contributed by atoms with van der Waals surface area (Å²) in [6, 6.07) is 7.47. The van der Waals surface area contributed by atoms with Crippen molar-refractivity contribution in [2.75, 3.05) is 6.61 Å². The van der Waals surface area contributed by atoms with Crippen molar-refractivity contribution in [2.24, 2.45) is 5.16 Å². The number of hydrogen-bond acceptors (Lipinski definition) is 2. The zero-order chi connectivity index (χ0) is 10.9. The van der Waals surface area contributed by atoms with Gasteiger partial charge in [-0.1, -0.05) is 48.7 Å². The van der Waals surface area contributed by atoms with Gasteiger partial charge in [-0.2, -0.15) is 0 Å². The van der Waals surface area contributed by atoms with Gasteiger partial charge in [0.1, 0.15) is 6.61 Å². The molecule has 0 spiro atoms. The van der Waals surface area contributed by atoms with Crippen LogP contribution < -0.4 is 0 Å². The highest BCUT2D eigenvalue weighted by molar-refractivity contribution is 6.30. The Kier molecular flexibility index (Phi) is 5.86. The maximum Gasteiger partial charge on any atom is 0.117 e. The lowest BCUT2D eigenvalue weighted by Gasteiger charge is -1.97. The van der Waals surface area contributed by atoms with Crippen LogP contribution in [0.4, 0.5) is 0 Å². The third-order valence-corrected chi connectivity index (χ3v) is 2.24. The van der Waals surface area contributed by atoms with Gasteiger partial charge in [0.2, 0.25) is 0 Å². The summed E-state index contributed by atoms with van der Waals surface area (Å²) in [4.78, 5) is 5.11. The van der Waals surface area contributed by atoms with Crippen LogP contribution in [-0.4, -0.2) is 12.8 Å². The monoisotopic (exact) mass is 225 g/mol. The van der Waals surface area contributed by atoms with Gasteiger partial charge in [0, 0.05) is 5.02 Å². The molecular weight excluding hydrogens is 210 g/mol. The molecule has 0 heterocycles. The second kappa shape index (κ2) is 7.30. The summed E-state index contributed by atoms with van der Waals surface area (Å²) in [5.74, 6) is 0. The van der Waals surface area contributed by atoms with Crippen molar-refractivity contribution in [3.8, 4) is 0 Å². The lowest BCUT2D eigenvalue weighted by Crippen LogP contribution is -1.88. The van der Waals surface area contributed by atoms with Crippen LogP contribution in [0.5, 0.6) is 0 Å².